The topological polar surface area (TPSA) is 68.9 Å². The van der Waals surface area contributed by atoms with Crippen molar-refractivity contribution in [3.05, 3.63) is 88.1 Å². The molecule has 0 aliphatic rings. The van der Waals surface area contributed by atoms with Crippen molar-refractivity contribution < 1.29 is 9.18 Å². The second-order valence-electron chi connectivity index (χ2n) is 6.81. The molecule has 7 heteroatoms. The summed E-state index contributed by atoms with van der Waals surface area (Å²) in [5.74, 6) is -1.03. The van der Waals surface area contributed by atoms with Gasteiger partial charge in [-0.05, 0) is 43.7 Å². The molecular formula is C22H19FN4O2. The summed E-state index contributed by atoms with van der Waals surface area (Å²) in [5.41, 5.74) is 2.60. The SMILES string of the molecule is Cc1cc(=O)n(CC(=O)Nc2ccccc2F)c2c1c(C)nn2-c1ccccc1. The molecule has 0 unspecified atom stereocenters. The molecule has 0 radical (unpaired) electrons. The van der Waals surface area contributed by atoms with Gasteiger partial charge in [0.05, 0.1) is 17.1 Å². The van der Waals surface area contributed by atoms with Crippen LogP contribution < -0.4 is 10.9 Å². The maximum Gasteiger partial charge on any atom is 0.252 e. The van der Waals surface area contributed by atoms with Gasteiger partial charge in [-0.15, -0.1) is 0 Å². The molecule has 0 atom stereocenters. The van der Waals surface area contributed by atoms with Gasteiger partial charge in [-0.25, -0.2) is 9.07 Å². The zero-order chi connectivity index (χ0) is 20.5. The van der Waals surface area contributed by atoms with Gasteiger partial charge in [0.25, 0.3) is 5.56 Å². The van der Waals surface area contributed by atoms with E-state index >= 15 is 0 Å². The van der Waals surface area contributed by atoms with Gasteiger partial charge in [-0.2, -0.15) is 5.10 Å². The Kier molecular flexibility index (Phi) is 4.72. The maximum absolute atomic E-state index is 13.9. The van der Waals surface area contributed by atoms with Crippen LogP contribution in [0.1, 0.15) is 11.3 Å². The van der Waals surface area contributed by atoms with Crippen LogP contribution in [0.4, 0.5) is 10.1 Å². The van der Waals surface area contributed by atoms with E-state index in [2.05, 4.69) is 10.4 Å². The van der Waals surface area contributed by atoms with Crippen LogP contribution in [0, 0.1) is 19.7 Å². The van der Waals surface area contributed by atoms with Crippen LogP contribution >= 0.6 is 0 Å². The third-order valence-corrected chi connectivity index (χ3v) is 4.74. The van der Waals surface area contributed by atoms with Crippen LogP contribution in [0.5, 0.6) is 0 Å². The van der Waals surface area contributed by atoms with E-state index in [-0.39, 0.29) is 17.8 Å². The van der Waals surface area contributed by atoms with Crippen molar-refractivity contribution in [2.45, 2.75) is 20.4 Å². The largest absolute Gasteiger partial charge is 0.322 e. The number of para-hydroxylation sites is 2. The highest BCUT2D eigenvalue weighted by atomic mass is 19.1. The number of anilines is 1. The highest BCUT2D eigenvalue weighted by molar-refractivity contribution is 5.92. The molecule has 0 bridgehead atoms. The van der Waals surface area contributed by atoms with E-state index in [1.165, 1.54) is 22.8 Å². The molecular weight excluding hydrogens is 371 g/mol. The molecule has 2 heterocycles. The standard InChI is InChI=1S/C22H19FN4O2/c1-14-12-20(29)26(13-19(28)24-18-11-7-6-10-17(18)23)22-21(14)15(2)25-27(22)16-8-4-3-5-9-16/h3-12H,13H2,1-2H3,(H,24,28). The number of aryl methyl sites for hydroxylation is 2. The number of amides is 1. The van der Waals surface area contributed by atoms with Gasteiger partial charge < -0.3 is 5.32 Å². The zero-order valence-corrected chi connectivity index (χ0v) is 16.0. The third kappa shape index (κ3) is 3.42. The number of fused-ring (bicyclic) bond motifs is 1. The Hall–Kier alpha value is -3.74. The Balaban J connectivity index is 1.83. The number of aromatic nitrogens is 3. The Morgan fingerprint density at radius 2 is 1.76 bits per heavy atom. The first-order chi connectivity index (χ1) is 14.0. The summed E-state index contributed by atoms with van der Waals surface area (Å²) in [5, 5.41) is 7.93. The first-order valence-corrected chi connectivity index (χ1v) is 9.15. The molecule has 146 valence electrons. The summed E-state index contributed by atoms with van der Waals surface area (Å²) in [4.78, 5) is 25.4. The minimum Gasteiger partial charge on any atom is -0.322 e. The minimum absolute atomic E-state index is 0.0710. The number of halogens is 1. The van der Waals surface area contributed by atoms with Gasteiger partial charge in [0.1, 0.15) is 18.0 Å². The second-order valence-corrected chi connectivity index (χ2v) is 6.81. The van der Waals surface area contributed by atoms with Gasteiger partial charge in [-0.1, -0.05) is 30.3 Å². The highest BCUT2D eigenvalue weighted by Gasteiger charge is 2.19. The number of pyridine rings is 1. The van der Waals surface area contributed by atoms with Crippen molar-refractivity contribution in [1.29, 1.82) is 0 Å². The molecule has 29 heavy (non-hydrogen) atoms. The summed E-state index contributed by atoms with van der Waals surface area (Å²) in [7, 11) is 0. The first-order valence-electron chi connectivity index (χ1n) is 9.15. The lowest BCUT2D eigenvalue weighted by Gasteiger charge is -2.13. The molecule has 4 aromatic rings. The summed E-state index contributed by atoms with van der Waals surface area (Å²) in [6.45, 7) is 3.45. The van der Waals surface area contributed by atoms with Crippen molar-refractivity contribution in [2.24, 2.45) is 0 Å². The van der Waals surface area contributed by atoms with Gasteiger partial charge in [0.15, 0.2) is 0 Å². The van der Waals surface area contributed by atoms with Crippen LogP contribution in [0.15, 0.2) is 65.5 Å². The van der Waals surface area contributed by atoms with Crippen LogP contribution in [-0.2, 0) is 11.3 Å². The van der Waals surface area contributed by atoms with E-state index in [0.717, 1.165) is 22.3 Å². The normalized spacial score (nSPS) is 11.0. The molecule has 2 aromatic carbocycles. The van der Waals surface area contributed by atoms with Crippen LogP contribution in [0.3, 0.4) is 0 Å². The van der Waals surface area contributed by atoms with Crippen LogP contribution in [0.25, 0.3) is 16.7 Å². The Bertz CT molecular complexity index is 1280. The van der Waals surface area contributed by atoms with E-state index in [9.17, 15) is 14.0 Å². The number of benzene rings is 2. The fourth-order valence-electron chi connectivity index (χ4n) is 3.46. The molecule has 6 nitrogen and oxygen atoms in total. The Labute approximate surface area is 166 Å². The van der Waals surface area contributed by atoms with Gasteiger partial charge in [-0.3, -0.25) is 14.2 Å². The van der Waals surface area contributed by atoms with Gasteiger partial charge in [0, 0.05) is 11.5 Å². The molecule has 2 aromatic heterocycles. The number of hydrogen-bond donors (Lipinski definition) is 1. The van der Waals surface area contributed by atoms with Crippen molar-refractivity contribution >= 4 is 22.6 Å². The minimum atomic E-state index is -0.535. The van der Waals surface area contributed by atoms with E-state index in [4.69, 9.17) is 0 Å². The molecule has 0 saturated heterocycles. The predicted molar refractivity (Wildman–Crippen MR) is 110 cm³/mol. The van der Waals surface area contributed by atoms with Crippen molar-refractivity contribution in [3.63, 3.8) is 0 Å². The summed E-state index contributed by atoms with van der Waals surface area (Å²) in [6.07, 6.45) is 0. The number of carbonyl (C=O) groups excluding carboxylic acids is 1. The quantitative estimate of drug-likeness (QED) is 0.579. The highest BCUT2D eigenvalue weighted by Crippen LogP contribution is 2.24. The first kappa shape index (κ1) is 18.6. The molecule has 0 aliphatic carbocycles. The number of nitrogens with one attached hydrogen (secondary N) is 1. The fraction of sp³-hybridized carbons (Fsp3) is 0.136. The number of rotatable bonds is 4. The van der Waals surface area contributed by atoms with Crippen molar-refractivity contribution in [1.82, 2.24) is 14.3 Å². The lowest BCUT2D eigenvalue weighted by atomic mass is 10.1. The monoisotopic (exact) mass is 390 g/mol. The predicted octanol–water partition coefficient (Wildman–Crippen LogP) is 3.58. The molecule has 0 saturated carbocycles. The van der Waals surface area contributed by atoms with Crippen LogP contribution in [0.2, 0.25) is 0 Å². The Morgan fingerprint density at radius 3 is 2.48 bits per heavy atom. The van der Waals surface area contributed by atoms with E-state index in [1.54, 1.807) is 16.8 Å². The number of nitrogens with zero attached hydrogens (tertiary/aromatic N) is 3. The molecule has 1 N–H and O–H groups in total. The average molecular weight is 390 g/mol. The molecule has 0 fully saturated rings. The fourth-order valence-corrected chi connectivity index (χ4v) is 3.46. The molecule has 1 amide bonds. The lowest BCUT2D eigenvalue weighted by Crippen LogP contribution is -2.29. The average Bonchev–Trinajstić information content (AvgIpc) is 3.05. The van der Waals surface area contributed by atoms with Gasteiger partial charge >= 0.3 is 0 Å². The summed E-state index contributed by atoms with van der Waals surface area (Å²) >= 11 is 0. The smallest absolute Gasteiger partial charge is 0.252 e. The summed E-state index contributed by atoms with van der Waals surface area (Å²) < 4.78 is 16.9. The van der Waals surface area contributed by atoms with Crippen LogP contribution in [-0.4, -0.2) is 20.3 Å². The van der Waals surface area contributed by atoms with E-state index in [0.29, 0.717) is 5.65 Å². The van der Waals surface area contributed by atoms with E-state index in [1.807, 2.05) is 44.2 Å². The maximum atomic E-state index is 13.9. The lowest BCUT2D eigenvalue weighted by molar-refractivity contribution is -0.116. The second kappa shape index (κ2) is 7.35. The Morgan fingerprint density at radius 1 is 1.07 bits per heavy atom. The molecule has 0 aliphatic heterocycles. The molecule has 0 spiro atoms. The van der Waals surface area contributed by atoms with Crippen molar-refractivity contribution in [2.75, 3.05) is 5.32 Å². The molecule has 4 rings (SSSR count). The number of hydrogen-bond acceptors (Lipinski definition) is 3. The third-order valence-electron chi connectivity index (χ3n) is 4.74. The van der Waals surface area contributed by atoms with E-state index < -0.39 is 11.7 Å². The summed E-state index contributed by atoms with van der Waals surface area (Å²) in [6, 6.07) is 16.8. The zero-order valence-electron chi connectivity index (χ0n) is 16.0. The number of carbonyl (C=O) groups is 1. The van der Waals surface area contributed by atoms with Crippen molar-refractivity contribution in [3.8, 4) is 5.69 Å². The van der Waals surface area contributed by atoms with Gasteiger partial charge in [0.2, 0.25) is 5.91 Å².